The fraction of sp³-hybridized carbons (Fsp3) is 0.154. The van der Waals surface area contributed by atoms with Gasteiger partial charge in [0.15, 0.2) is 0 Å². The monoisotopic (exact) mass is 414 g/mol. The first-order valence-corrected chi connectivity index (χ1v) is 10.1. The molecule has 0 aliphatic rings. The second-order valence-electron chi connectivity index (χ2n) is 7.34. The Balaban J connectivity index is 1.86. The third kappa shape index (κ3) is 5.82. The van der Waals surface area contributed by atoms with Crippen LogP contribution < -0.4 is 15.4 Å². The Morgan fingerprint density at radius 1 is 0.806 bits per heavy atom. The minimum Gasteiger partial charge on any atom is -0.496 e. The lowest BCUT2D eigenvalue weighted by atomic mass is 10.0. The van der Waals surface area contributed by atoms with Gasteiger partial charge in [0, 0.05) is 28.4 Å². The summed E-state index contributed by atoms with van der Waals surface area (Å²) in [5.41, 5.74) is 3.44. The van der Waals surface area contributed by atoms with Gasteiger partial charge in [0.1, 0.15) is 5.75 Å². The van der Waals surface area contributed by atoms with Crippen LogP contribution in [0.5, 0.6) is 5.75 Å². The summed E-state index contributed by atoms with van der Waals surface area (Å²) in [5.74, 6) is 0.292. The highest BCUT2D eigenvalue weighted by Crippen LogP contribution is 2.26. The van der Waals surface area contributed by atoms with E-state index in [0.717, 1.165) is 11.1 Å². The molecule has 0 spiro atoms. The molecule has 0 aliphatic carbocycles. The maximum atomic E-state index is 13.2. The van der Waals surface area contributed by atoms with Crippen molar-refractivity contribution >= 4 is 34.8 Å². The molecule has 0 saturated heterocycles. The van der Waals surface area contributed by atoms with Crippen molar-refractivity contribution in [3.8, 4) is 5.75 Å². The Labute approximate surface area is 182 Å². The molecule has 5 nitrogen and oxygen atoms in total. The van der Waals surface area contributed by atoms with Gasteiger partial charge in [0.2, 0.25) is 5.91 Å². The van der Waals surface area contributed by atoms with E-state index in [1.807, 2.05) is 74.5 Å². The normalized spacial score (nSPS) is 11.2. The van der Waals surface area contributed by atoms with Gasteiger partial charge < -0.3 is 15.4 Å². The molecular weight excluding hydrogens is 388 g/mol. The number of methoxy groups -OCH3 is 1. The third-order valence-corrected chi connectivity index (χ3v) is 4.70. The maximum absolute atomic E-state index is 13.2. The zero-order chi connectivity index (χ0) is 22.2. The molecule has 0 saturated carbocycles. The lowest BCUT2D eigenvalue weighted by molar-refractivity contribution is -0.119. The number of rotatable bonds is 7. The van der Waals surface area contributed by atoms with Crippen LogP contribution in [0.1, 0.15) is 25.0 Å². The molecule has 5 heteroatoms. The number of carbonyl (C=O) groups excluding carboxylic acids is 2. The van der Waals surface area contributed by atoms with Crippen molar-refractivity contribution in [2.75, 3.05) is 17.7 Å². The average molecular weight is 415 g/mol. The quantitative estimate of drug-likeness (QED) is 0.398. The van der Waals surface area contributed by atoms with E-state index in [4.69, 9.17) is 4.74 Å². The predicted molar refractivity (Wildman–Crippen MR) is 126 cm³/mol. The van der Waals surface area contributed by atoms with E-state index >= 15 is 0 Å². The smallest absolute Gasteiger partial charge is 0.256 e. The Bertz CT molecular complexity index is 1070. The molecule has 0 aliphatic heterocycles. The minimum atomic E-state index is -0.240. The molecule has 158 valence electrons. The SMILES string of the molecule is COc1ccccc1/C=C(/C(=O)Nc1ccc(NC(=O)C(C)C)cc1)c1ccccc1. The fourth-order valence-corrected chi connectivity index (χ4v) is 2.96. The molecule has 31 heavy (non-hydrogen) atoms. The maximum Gasteiger partial charge on any atom is 0.256 e. The van der Waals surface area contributed by atoms with Crippen LogP contribution in [-0.4, -0.2) is 18.9 Å². The highest BCUT2D eigenvalue weighted by Gasteiger charge is 2.14. The van der Waals surface area contributed by atoms with E-state index in [2.05, 4.69) is 10.6 Å². The summed E-state index contributed by atoms with van der Waals surface area (Å²) in [6, 6.07) is 24.1. The summed E-state index contributed by atoms with van der Waals surface area (Å²) in [6.07, 6.45) is 1.82. The molecule has 2 N–H and O–H groups in total. The minimum absolute atomic E-state index is 0.0529. The van der Waals surface area contributed by atoms with E-state index in [-0.39, 0.29) is 17.7 Å². The van der Waals surface area contributed by atoms with Crippen LogP contribution in [0.4, 0.5) is 11.4 Å². The highest BCUT2D eigenvalue weighted by atomic mass is 16.5. The molecule has 3 aromatic carbocycles. The van der Waals surface area contributed by atoms with Gasteiger partial charge in [0.05, 0.1) is 7.11 Å². The second kappa shape index (κ2) is 10.3. The fourth-order valence-electron chi connectivity index (χ4n) is 2.96. The van der Waals surface area contributed by atoms with Gasteiger partial charge in [-0.2, -0.15) is 0 Å². The number of nitrogens with one attached hydrogen (secondary N) is 2. The molecule has 3 aromatic rings. The number of ether oxygens (including phenoxy) is 1. The Hall–Kier alpha value is -3.86. The van der Waals surface area contributed by atoms with Crippen molar-refractivity contribution in [3.05, 3.63) is 90.0 Å². The summed E-state index contributed by atoms with van der Waals surface area (Å²) in [7, 11) is 1.61. The number of hydrogen-bond donors (Lipinski definition) is 2. The van der Waals surface area contributed by atoms with Gasteiger partial charge >= 0.3 is 0 Å². The van der Waals surface area contributed by atoms with E-state index in [1.165, 1.54) is 0 Å². The zero-order valence-corrected chi connectivity index (χ0v) is 17.9. The molecule has 3 rings (SSSR count). The molecule has 0 aromatic heterocycles. The highest BCUT2D eigenvalue weighted by molar-refractivity contribution is 6.29. The van der Waals surface area contributed by atoms with Crippen LogP contribution in [0.3, 0.4) is 0 Å². The number of benzene rings is 3. The number of hydrogen-bond acceptors (Lipinski definition) is 3. The van der Waals surface area contributed by atoms with Crippen LogP contribution >= 0.6 is 0 Å². The zero-order valence-electron chi connectivity index (χ0n) is 17.9. The van der Waals surface area contributed by atoms with Crippen molar-refractivity contribution in [3.63, 3.8) is 0 Å². The van der Waals surface area contributed by atoms with Crippen molar-refractivity contribution in [1.29, 1.82) is 0 Å². The molecule has 0 atom stereocenters. The van der Waals surface area contributed by atoms with Crippen LogP contribution in [0.15, 0.2) is 78.9 Å². The lowest BCUT2D eigenvalue weighted by Gasteiger charge is -2.12. The van der Waals surface area contributed by atoms with Gasteiger partial charge in [-0.1, -0.05) is 62.4 Å². The van der Waals surface area contributed by atoms with Crippen LogP contribution in [0.25, 0.3) is 11.6 Å². The molecule has 0 heterocycles. The Morgan fingerprint density at radius 3 is 2.00 bits per heavy atom. The van der Waals surface area contributed by atoms with Gasteiger partial charge in [0.25, 0.3) is 5.91 Å². The van der Waals surface area contributed by atoms with Crippen LogP contribution in [-0.2, 0) is 9.59 Å². The third-order valence-electron chi connectivity index (χ3n) is 4.70. The predicted octanol–water partition coefficient (Wildman–Crippen LogP) is 5.47. The first-order chi connectivity index (χ1) is 15.0. The van der Waals surface area contributed by atoms with Crippen molar-refractivity contribution in [1.82, 2.24) is 0 Å². The van der Waals surface area contributed by atoms with Gasteiger partial charge in [-0.3, -0.25) is 9.59 Å². The average Bonchev–Trinajstić information content (AvgIpc) is 2.79. The number of anilines is 2. The summed E-state index contributed by atoms with van der Waals surface area (Å²) in [6.45, 7) is 3.67. The summed E-state index contributed by atoms with van der Waals surface area (Å²) in [4.78, 5) is 25.0. The van der Waals surface area contributed by atoms with Crippen LogP contribution in [0, 0.1) is 5.92 Å². The lowest BCUT2D eigenvalue weighted by Crippen LogP contribution is -2.17. The Kier molecular flexibility index (Phi) is 7.22. The molecule has 0 unspecified atom stereocenters. The van der Waals surface area contributed by atoms with Gasteiger partial charge in [-0.25, -0.2) is 0 Å². The van der Waals surface area contributed by atoms with Crippen LogP contribution in [0.2, 0.25) is 0 Å². The molecule has 0 radical (unpaired) electrons. The molecule has 0 fully saturated rings. The van der Waals surface area contributed by atoms with Crippen molar-refractivity contribution in [2.45, 2.75) is 13.8 Å². The van der Waals surface area contributed by atoms with Crippen molar-refractivity contribution < 1.29 is 14.3 Å². The van der Waals surface area contributed by atoms with E-state index in [1.54, 1.807) is 31.4 Å². The van der Waals surface area contributed by atoms with Crippen molar-refractivity contribution in [2.24, 2.45) is 5.92 Å². The summed E-state index contributed by atoms with van der Waals surface area (Å²) < 4.78 is 5.43. The second-order valence-corrected chi connectivity index (χ2v) is 7.34. The standard InChI is InChI=1S/C26H26N2O3/c1-18(2)25(29)27-21-13-15-22(16-14-21)28-26(30)23(19-9-5-4-6-10-19)17-20-11-7-8-12-24(20)31-3/h4-18H,1-3H3,(H,27,29)(H,28,30)/b23-17+. The Morgan fingerprint density at radius 2 is 1.39 bits per heavy atom. The van der Waals surface area contributed by atoms with E-state index in [9.17, 15) is 9.59 Å². The summed E-state index contributed by atoms with van der Waals surface area (Å²) >= 11 is 0. The first-order valence-electron chi connectivity index (χ1n) is 10.1. The topological polar surface area (TPSA) is 67.4 Å². The van der Waals surface area contributed by atoms with Gasteiger partial charge in [-0.15, -0.1) is 0 Å². The van der Waals surface area contributed by atoms with E-state index < -0.39 is 0 Å². The number of amides is 2. The van der Waals surface area contributed by atoms with E-state index in [0.29, 0.717) is 22.7 Å². The molecule has 2 amide bonds. The largest absolute Gasteiger partial charge is 0.496 e. The molecule has 0 bridgehead atoms. The first kappa shape index (κ1) is 21.8. The molecular formula is C26H26N2O3. The number of para-hydroxylation sites is 1. The summed E-state index contributed by atoms with van der Waals surface area (Å²) in [5, 5.41) is 5.78. The number of carbonyl (C=O) groups is 2. The van der Waals surface area contributed by atoms with Gasteiger partial charge in [-0.05, 0) is 42.0 Å².